The smallest absolute Gasteiger partial charge is 0.339 e. The summed E-state index contributed by atoms with van der Waals surface area (Å²) in [5, 5.41) is 0.395. The lowest BCUT2D eigenvalue weighted by atomic mass is 10.0. The number of pyridine rings is 1. The zero-order valence-corrected chi connectivity index (χ0v) is 21.8. The van der Waals surface area contributed by atoms with Gasteiger partial charge >= 0.3 is 5.97 Å². The zero-order chi connectivity index (χ0) is 26.5. The molecule has 0 amide bonds. The van der Waals surface area contributed by atoms with Crippen molar-refractivity contribution >= 4 is 23.0 Å². The number of benzene rings is 1. The number of hydrogen-bond acceptors (Lipinski definition) is 8. The minimum absolute atomic E-state index is 0.114. The monoisotopic (exact) mass is 513 g/mol. The number of ether oxygens (including phenoxy) is 2. The van der Waals surface area contributed by atoms with E-state index in [0.29, 0.717) is 28.7 Å². The van der Waals surface area contributed by atoms with Gasteiger partial charge in [0.1, 0.15) is 11.6 Å². The predicted molar refractivity (Wildman–Crippen MR) is 138 cm³/mol. The SMILES string of the molecule is CC.COC(=O)c1cc2c(-c3ccc(F)cc3F)nc(N3CCCC(N4CCOCC4)C3)nc2nc1C. The van der Waals surface area contributed by atoms with Crippen LogP contribution in [0.4, 0.5) is 14.7 Å². The molecular weight excluding hydrogens is 480 g/mol. The quantitative estimate of drug-likeness (QED) is 0.475. The Morgan fingerprint density at radius 1 is 1.08 bits per heavy atom. The Bertz CT molecular complexity index is 1270. The van der Waals surface area contributed by atoms with E-state index in [4.69, 9.17) is 19.4 Å². The largest absolute Gasteiger partial charge is 0.465 e. The van der Waals surface area contributed by atoms with Crippen molar-refractivity contribution in [1.82, 2.24) is 19.9 Å². The Labute approximate surface area is 215 Å². The van der Waals surface area contributed by atoms with E-state index in [0.717, 1.165) is 58.3 Å². The Hall–Kier alpha value is -3.24. The molecule has 0 spiro atoms. The number of methoxy groups -OCH3 is 1. The second kappa shape index (κ2) is 11.9. The van der Waals surface area contributed by atoms with Crippen molar-refractivity contribution in [1.29, 1.82) is 0 Å². The van der Waals surface area contributed by atoms with Gasteiger partial charge in [-0.15, -0.1) is 0 Å². The maximum absolute atomic E-state index is 14.9. The molecule has 0 bridgehead atoms. The first kappa shape index (κ1) is 26.8. The standard InChI is InChI=1S/C25H27F2N5O3.C2H6/c1-15-19(24(33)34-2)13-20-22(18-6-5-16(26)12-21(18)27)29-25(30-23(20)28-15)32-7-3-4-17(14-32)31-8-10-35-11-9-31;1-2/h5-6,12-13,17H,3-4,7-11,14H2,1-2H3;1-2H3. The van der Waals surface area contributed by atoms with E-state index in [2.05, 4.69) is 14.8 Å². The summed E-state index contributed by atoms with van der Waals surface area (Å²) in [6, 6.07) is 5.26. The number of rotatable bonds is 4. The fourth-order valence-electron chi connectivity index (χ4n) is 4.85. The van der Waals surface area contributed by atoms with Crippen LogP contribution in [0.3, 0.4) is 0 Å². The van der Waals surface area contributed by atoms with E-state index in [1.165, 1.54) is 19.2 Å². The maximum atomic E-state index is 14.9. The van der Waals surface area contributed by atoms with Gasteiger partial charge in [0.25, 0.3) is 0 Å². The molecular formula is C27H33F2N5O3. The summed E-state index contributed by atoms with van der Waals surface area (Å²) in [5.74, 6) is -1.55. The molecule has 8 nitrogen and oxygen atoms in total. The maximum Gasteiger partial charge on any atom is 0.339 e. The van der Waals surface area contributed by atoms with Gasteiger partial charge in [-0.25, -0.2) is 23.5 Å². The number of anilines is 1. The number of carbonyl (C=O) groups is 1. The zero-order valence-electron chi connectivity index (χ0n) is 21.8. The normalized spacial score (nSPS) is 18.3. The van der Waals surface area contributed by atoms with E-state index in [-0.39, 0.29) is 16.8 Å². The number of fused-ring (bicyclic) bond motifs is 1. The average Bonchev–Trinajstić information content (AvgIpc) is 2.93. The summed E-state index contributed by atoms with van der Waals surface area (Å²) >= 11 is 0. The van der Waals surface area contributed by atoms with Crippen molar-refractivity contribution < 1.29 is 23.0 Å². The topological polar surface area (TPSA) is 80.7 Å². The summed E-state index contributed by atoms with van der Waals surface area (Å²) in [5.41, 5.74) is 1.40. The summed E-state index contributed by atoms with van der Waals surface area (Å²) in [6.45, 7) is 10.4. The summed E-state index contributed by atoms with van der Waals surface area (Å²) in [6.07, 6.45) is 2.04. The molecule has 4 heterocycles. The average molecular weight is 514 g/mol. The molecule has 2 aliphatic heterocycles. The van der Waals surface area contributed by atoms with Gasteiger partial charge in [-0.3, -0.25) is 4.90 Å². The van der Waals surface area contributed by atoms with Gasteiger partial charge in [0.15, 0.2) is 5.65 Å². The van der Waals surface area contributed by atoms with Crippen molar-refractivity contribution in [2.75, 3.05) is 51.4 Å². The van der Waals surface area contributed by atoms with Crippen LogP contribution >= 0.6 is 0 Å². The van der Waals surface area contributed by atoms with Crippen molar-refractivity contribution in [3.8, 4) is 11.3 Å². The number of esters is 1. The summed E-state index contributed by atoms with van der Waals surface area (Å²) < 4.78 is 38.9. The van der Waals surface area contributed by atoms with Crippen molar-refractivity contribution in [2.24, 2.45) is 0 Å². The van der Waals surface area contributed by atoms with Crippen LogP contribution < -0.4 is 4.90 Å². The number of aryl methyl sites for hydroxylation is 1. The third-order valence-electron chi connectivity index (χ3n) is 6.70. The highest BCUT2D eigenvalue weighted by Gasteiger charge is 2.29. The fourth-order valence-corrected chi connectivity index (χ4v) is 4.85. The van der Waals surface area contributed by atoms with Crippen LogP contribution in [0.15, 0.2) is 24.3 Å². The first-order valence-corrected chi connectivity index (χ1v) is 12.7. The van der Waals surface area contributed by atoms with E-state index >= 15 is 0 Å². The van der Waals surface area contributed by atoms with Crippen LogP contribution in [0.1, 0.15) is 42.7 Å². The van der Waals surface area contributed by atoms with Crippen LogP contribution in [0, 0.1) is 18.6 Å². The number of carbonyl (C=O) groups excluding carboxylic acids is 1. The first-order valence-electron chi connectivity index (χ1n) is 12.7. The Balaban J connectivity index is 0.00000156. The molecule has 2 fully saturated rings. The molecule has 1 atom stereocenters. The van der Waals surface area contributed by atoms with Crippen molar-refractivity contribution in [3.05, 3.63) is 47.2 Å². The van der Waals surface area contributed by atoms with E-state index in [1.54, 1.807) is 13.0 Å². The first-order chi connectivity index (χ1) is 17.9. The van der Waals surface area contributed by atoms with Crippen LogP contribution in [0.2, 0.25) is 0 Å². The predicted octanol–water partition coefficient (Wildman–Crippen LogP) is 4.39. The number of morpholine rings is 1. The van der Waals surface area contributed by atoms with Crippen LogP contribution in [0.5, 0.6) is 0 Å². The third-order valence-corrected chi connectivity index (χ3v) is 6.70. The van der Waals surface area contributed by atoms with Crippen molar-refractivity contribution in [2.45, 2.75) is 39.7 Å². The molecule has 10 heteroatoms. The lowest BCUT2D eigenvalue weighted by Gasteiger charge is -2.40. The molecule has 1 unspecified atom stereocenters. The van der Waals surface area contributed by atoms with E-state index in [1.807, 2.05) is 13.8 Å². The van der Waals surface area contributed by atoms with Gasteiger partial charge in [-0.1, -0.05) is 13.8 Å². The molecule has 3 aromatic rings. The number of nitrogens with zero attached hydrogens (tertiary/aromatic N) is 5. The highest BCUT2D eigenvalue weighted by atomic mass is 19.1. The Morgan fingerprint density at radius 3 is 2.54 bits per heavy atom. The van der Waals surface area contributed by atoms with Gasteiger partial charge in [0, 0.05) is 49.2 Å². The minimum atomic E-state index is -0.749. The fraction of sp³-hybridized carbons (Fsp3) is 0.481. The lowest BCUT2D eigenvalue weighted by Crippen LogP contribution is -2.52. The molecule has 0 radical (unpaired) electrons. The number of aromatic nitrogens is 3. The Morgan fingerprint density at radius 2 is 1.84 bits per heavy atom. The molecule has 2 aromatic heterocycles. The number of piperidine rings is 1. The highest BCUT2D eigenvalue weighted by Crippen LogP contribution is 2.32. The van der Waals surface area contributed by atoms with Gasteiger partial charge in [-0.05, 0) is 38.0 Å². The molecule has 5 rings (SSSR count). The number of hydrogen-bond donors (Lipinski definition) is 0. The molecule has 2 saturated heterocycles. The Kier molecular flexibility index (Phi) is 8.60. The molecule has 0 saturated carbocycles. The second-order valence-corrected chi connectivity index (χ2v) is 8.87. The molecule has 2 aliphatic rings. The second-order valence-electron chi connectivity index (χ2n) is 8.87. The lowest BCUT2D eigenvalue weighted by molar-refractivity contribution is 0.0136. The molecule has 1 aromatic carbocycles. The van der Waals surface area contributed by atoms with Gasteiger partial charge < -0.3 is 14.4 Å². The van der Waals surface area contributed by atoms with Crippen LogP contribution in [-0.2, 0) is 9.47 Å². The van der Waals surface area contributed by atoms with E-state index in [9.17, 15) is 13.6 Å². The molecule has 37 heavy (non-hydrogen) atoms. The van der Waals surface area contributed by atoms with Crippen LogP contribution in [-0.4, -0.2) is 78.4 Å². The molecule has 0 N–H and O–H groups in total. The summed E-state index contributed by atoms with van der Waals surface area (Å²) in [7, 11) is 1.29. The molecule has 198 valence electrons. The van der Waals surface area contributed by atoms with Gasteiger partial charge in [-0.2, -0.15) is 4.98 Å². The molecule has 0 aliphatic carbocycles. The third kappa shape index (κ3) is 5.70. The number of halogens is 2. The highest BCUT2D eigenvalue weighted by molar-refractivity contribution is 5.98. The summed E-state index contributed by atoms with van der Waals surface area (Å²) in [4.78, 5) is 30.8. The minimum Gasteiger partial charge on any atom is -0.465 e. The van der Waals surface area contributed by atoms with Gasteiger partial charge in [0.2, 0.25) is 5.95 Å². The van der Waals surface area contributed by atoms with Crippen molar-refractivity contribution in [3.63, 3.8) is 0 Å². The van der Waals surface area contributed by atoms with Gasteiger partial charge in [0.05, 0.1) is 37.3 Å². The van der Waals surface area contributed by atoms with Crippen LogP contribution in [0.25, 0.3) is 22.3 Å². The van der Waals surface area contributed by atoms with E-state index < -0.39 is 17.6 Å².